The number of anilines is 2. The first-order valence-electron chi connectivity index (χ1n) is 11.9. The Kier molecular flexibility index (Phi) is 11.2. The first-order chi connectivity index (χ1) is 18.7. The van der Waals surface area contributed by atoms with Gasteiger partial charge in [-0.15, -0.1) is 0 Å². The molecule has 7 N–H and O–H groups in total. The minimum atomic E-state index is -5.08. The highest BCUT2D eigenvalue weighted by molar-refractivity contribution is 6.30. The number of aromatic nitrogens is 2. The number of hydrogen-bond donors (Lipinski definition) is 5. The van der Waals surface area contributed by atoms with Crippen molar-refractivity contribution in [3.63, 3.8) is 0 Å². The molecule has 0 aliphatic rings. The van der Waals surface area contributed by atoms with E-state index in [1.54, 1.807) is 19.1 Å². The molecule has 0 radical (unpaired) electrons. The maximum Gasteiger partial charge on any atom is 0.490 e. The van der Waals surface area contributed by atoms with Crippen molar-refractivity contribution in [1.29, 1.82) is 0 Å². The van der Waals surface area contributed by atoms with Crippen molar-refractivity contribution < 1.29 is 27.9 Å². The SMILES string of the molecule is Cc1cc(C)c(CNc2nc(Cl)c(C)n(CC(=O)Nc3cccc(CN)c3)c2=O)cc1CN.O=C(O)C(F)(F)F. The van der Waals surface area contributed by atoms with Crippen LogP contribution in [0.4, 0.5) is 24.7 Å². The highest BCUT2D eigenvalue weighted by Gasteiger charge is 2.38. The number of carbonyl (C=O) groups excluding carboxylic acids is 1. The fourth-order valence-corrected chi connectivity index (χ4v) is 3.77. The van der Waals surface area contributed by atoms with E-state index in [2.05, 4.69) is 21.7 Å². The largest absolute Gasteiger partial charge is 0.490 e. The fourth-order valence-electron chi connectivity index (χ4n) is 3.58. The van der Waals surface area contributed by atoms with Gasteiger partial charge in [-0.1, -0.05) is 35.9 Å². The summed E-state index contributed by atoms with van der Waals surface area (Å²) in [7, 11) is 0. The third kappa shape index (κ3) is 8.79. The van der Waals surface area contributed by atoms with Gasteiger partial charge in [0, 0.05) is 25.3 Å². The van der Waals surface area contributed by atoms with Gasteiger partial charge in [0.15, 0.2) is 11.0 Å². The number of hydrogen-bond acceptors (Lipinski definition) is 7. The standard InChI is InChI=1S/C24H29ClN6O2.C2HF3O2/c1-14-7-15(2)19(9-18(14)11-27)12-28-23-24(33)31(16(3)22(25)30-23)13-21(32)29-20-6-4-5-17(8-20)10-26;3-2(4,5)1(6)7/h4-9H,10-13,26-27H2,1-3H3,(H,28,30)(H,29,32);(H,6,7). The number of amides is 1. The second kappa shape index (κ2) is 13.9. The van der Waals surface area contributed by atoms with Crippen molar-refractivity contribution in [2.75, 3.05) is 10.6 Å². The van der Waals surface area contributed by atoms with Crippen LogP contribution < -0.4 is 27.7 Å². The molecule has 0 aliphatic carbocycles. The van der Waals surface area contributed by atoms with Crippen LogP contribution in [0.15, 0.2) is 41.2 Å². The lowest BCUT2D eigenvalue weighted by Gasteiger charge is -2.15. The average Bonchev–Trinajstić information content (AvgIpc) is 2.88. The van der Waals surface area contributed by atoms with E-state index in [0.29, 0.717) is 31.0 Å². The predicted octanol–water partition coefficient (Wildman–Crippen LogP) is 3.62. The molecule has 0 bridgehead atoms. The normalized spacial score (nSPS) is 10.9. The molecule has 14 heteroatoms. The summed E-state index contributed by atoms with van der Waals surface area (Å²) in [6, 6.07) is 11.3. The molecular formula is C26H30ClF3N6O4. The summed E-state index contributed by atoms with van der Waals surface area (Å²) in [6.45, 7) is 6.65. The Bertz CT molecular complexity index is 1440. The maximum absolute atomic E-state index is 13.1. The Morgan fingerprint density at radius 2 is 1.68 bits per heavy atom. The van der Waals surface area contributed by atoms with Gasteiger partial charge in [0.05, 0.1) is 5.69 Å². The number of nitrogens with two attached hydrogens (primary N) is 2. The van der Waals surface area contributed by atoms with E-state index in [1.807, 2.05) is 32.0 Å². The van der Waals surface area contributed by atoms with Gasteiger partial charge in [-0.25, -0.2) is 9.78 Å². The minimum absolute atomic E-state index is 0.0813. The zero-order valence-electron chi connectivity index (χ0n) is 22.0. The lowest BCUT2D eigenvalue weighted by molar-refractivity contribution is -0.192. The number of halogens is 4. The number of alkyl halides is 3. The number of benzene rings is 2. The molecule has 0 aliphatic heterocycles. The van der Waals surface area contributed by atoms with Crippen LogP contribution in [0, 0.1) is 20.8 Å². The van der Waals surface area contributed by atoms with Crippen molar-refractivity contribution in [3.8, 4) is 0 Å². The molecule has 0 saturated carbocycles. The quantitative estimate of drug-likeness (QED) is 0.269. The molecule has 2 aromatic carbocycles. The van der Waals surface area contributed by atoms with Gasteiger partial charge in [-0.05, 0) is 60.7 Å². The third-order valence-electron chi connectivity index (χ3n) is 5.81. The number of nitrogens with one attached hydrogen (secondary N) is 2. The molecule has 0 fully saturated rings. The molecule has 0 atom stereocenters. The number of carboxylic acid groups (broad SMARTS) is 1. The summed E-state index contributed by atoms with van der Waals surface area (Å²) >= 11 is 6.28. The number of nitrogens with zero attached hydrogens (tertiary/aromatic N) is 2. The molecule has 3 aromatic rings. The smallest absolute Gasteiger partial charge is 0.475 e. The van der Waals surface area contributed by atoms with Crippen LogP contribution in [0.1, 0.15) is 33.5 Å². The number of carboxylic acids is 1. The van der Waals surface area contributed by atoms with E-state index in [-0.39, 0.29) is 23.4 Å². The highest BCUT2D eigenvalue weighted by atomic mass is 35.5. The van der Waals surface area contributed by atoms with Gasteiger partial charge in [0.25, 0.3) is 5.56 Å². The van der Waals surface area contributed by atoms with Crippen LogP contribution in [0.3, 0.4) is 0 Å². The van der Waals surface area contributed by atoms with Gasteiger partial charge in [0.1, 0.15) is 6.54 Å². The molecular weight excluding hydrogens is 553 g/mol. The van der Waals surface area contributed by atoms with Crippen molar-refractivity contribution in [2.24, 2.45) is 11.5 Å². The Hall–Kier alpha value is -3.94. The molecule has 3 rings (SSSR count). The van der Waals surface area contributed by atoms with Crippen LogP contribution in [0.25, 0.3) is 0 Å². The Balaban J connectivity index is 0.000000708. The number of aryl methyl sites for hydroxylation is 2. The summed E-state index contributed by atoms with van der Waals surface area (Å²) in [4.78, 5) is 38.8. The van der Waals surface area contributed by atoms with E-state index < -0.39 is 17.7 Å². The van der Waals surface area contributed by atoms with Gasteiger partial charge in [-0.3, -0.25) is 14.2 Å². The predicted molar refractivity (Wildman–Crippen MR) is 146 cm³/mol. The van der Waals surface area contributed by atoms with Gasteiger partial charge >= 0.3 is 12.1 Å². The van der Waals surface area contributed by atoms with Crippen molar-refractivity contribution >= 4 is 35.0 Å². The molecule has 0 saturated heterocycles. The monoisotopic (exact) mass is 582 g/mol. The Morgan fingerprint density at radius 1 is 1.05 bits per heavy atom. The zero-order chi connectivity index (χ0) is 30.2. The van der Waals surface area contributed by atoms with Crippen LogP contribution in [-0.2, 0) is 35.8 Å². The van der Waals surface area contributed by atoms with Crippen molar-refractivity contribution in [1.82, 2.24) is 9.55 Å². The van der Waals surface area contributed by atoms with E-state index >= 15 is 0 Å². The van der Waals surface area contributed by atoms with E-state index in [0.717, 1.165) is 27.8 Å². The molecule has 1 heterocycles. The number of carbonyl (C=O) groups is 2. The van der Waals surface area contributed by atoms with Crippen LogP contribution in [-0.4, -0.2) is 32.7 Å². The number of aliphatic carboxylic acids is 1. The molecule has 1 amide bonds. The maximum atomic E-state index is 13.1. The molecule has 40 heavy (non-hydrogen) atoms. The minimum Gasteiger partial charge on any atom is -0.475 e. The van der Waals surface area contributed by atoms with Crippen molar-refractivity contribution in [3.05, 3.63) is 85.4 Å². The Labute approximate surface area is 233 Å². The first-order valence-corrected chi connectivity index (χ1v) is 12.2. The molecule has 0 unspecified atom stereocenters. The van der Waals surface area contributed by atoms with Crippen molar-refractivity contribution in [2.45, 2.75) is 53.1 Å². The summed E-state index contributed by atoms with van der Waals surface area (Å²) < 4.78 is 33.0. The van der Waals surface area contributed by atoms with Gasteiger partial charge in [-0.2, -0.15) is 13.2 Å². The third-order valence-corrected chi connectivity index (χ3v) is 6.17. The summed E-state index contributed by atoms with van der Waals surface area (Å²) in [5.41, 5.74) is 17.2. The highest BCUT2D eigenvalue weighted by Crippen LogP contribution is 2.18. The lowest BCUT2D eigenvalue weighted by atomic mass is 10.00. The summed E-state index contributed by atoms with van der Waals surface area (Å²) in [5.74, 6) is -3.03. The second-order valence-corrected chi connectivity index (χ2v) is 9.10. The fraction of sp³-hybridized carbons (Fsp3) is 0.308. The lowest BCUT2D eigenvalue weighted by Crippen LogP contribution is -2.32. The Morgan fingerprint density at radius 3 is 2.25 bits per heavy atom. The van der Waals surface area contributed by atoms with Gasteiger partial charge in [0.2, 0.25) is 5.91 Å². The molecule has 10 nitrogen and oxygen atoms in total. The van der Waals surface area contributed by atoms with Crippen LogP contribution >= 0.6 is 11.6 Å². The second-order valence-electron chi connectivity index (χ2n) is 8.75. The number of rotatable bonds is 8. The van der Waals surface area contributed by atoms with E-state index in [1.165, 1.54) is 4.57 Å². The molecule has 216 valence electrons. The topological polar surface area (TPSA) is 165 Å². The molecule has 0 spiro atoms. The van der Waals surface area contributed by atoms with Crippen LogP contribution in [0.5, 0.6) is 0 Å². The summed E-state index contributed by atoms with van der Waals surface area (Å²) in [6.07, 6.45) is -5.08. The van der Waals surface area contributed by atoms with Crippen LogP contribution in [0.2, 0.25) is 5.15 Å². The zero-order valence-corrected chi connectivity index (χ0v) is 22.8. The summed E-state index contributed by atoms with van der Waals surface area (Å²) in [5, 5.41) is 13.1. The van der Waals surface area contributed by atoms with E-state index in [4.69, 9.17) is 33.0 Å². The average molecular weight is 583 g/mol. The molecule has 1 aromatic heterocycles. The first kappa shape index (κ1) is 32.3. The van der Waals surface area contributed by atoms with Gasteiger partial charge < -0.3 is 27.2 Å². The van der Waals surface area contributed by atoms with E-state index in [9.17, 15) is 22.8 Å².